The maximum absolute atomic E-state index is 17.6. The molecule has 8 heteroatoms. The van der Waals surface area contributed by atoms with E-state index in [9.17, 15) is 19.5 Å². The van der Waals surface area contributed by atoms with Crippen molar-refractivity contribution < 1.29 is 33.0 Å². The fourth-order valence-electron chi connectivity index (χ4n) is 9.64. The monoisotopic (exact) mass is 553 g/mol. The number of fused-ring (bicyclic) bond motifs is 7. The van der Waals surface area contributed by atoms with Gasteiger partial charge in [-0.05, 0) is 66.7 Å². The van der Waals surface area contributed by atoms with Crippen LogP contribution in [0, 0.1) is 34.0 Å². The first-order valence-corrected chi connectivity index (χ1v) is 14.3. The number of likely N-dealkylation sites (tertiary alicyclic amines) is 1. The van der Waals surface area contributed by atoms with Gasteiger partial charge in [-0.2, -0.15) is 0 Å². The molecule has 0 aromatic heterocycles. The van der Waals surface area contributed by atoms with E-state index in [1.54, 1.807) is 6.92 Å². The van der Waals surface area contributed by atoms with E-state index in [0.717, 1.165) is 5.56 Å². The summed E-state index contributed by atoms with van der Waals surface area (Å²) < 4.78 is 38.6. The second kappa shape index (κ2) is 9.15. The second-order valence-corrected chi connectivity index (χ2v) is 13.1. The van der Waals surface area contributed by atoms with Gasteiger partial charge < -0.3 is 9.84 Å². The first kappa shape index (κ1) is 27.5. The number of allylic oxidation sites excluding steroid dienone is 4. The maximum Gasteiger partial charge on any atom is 0.303 e. The standard InChI is InChI=1S/C32H37F2NO5/c1-19(36)40-17-28(39)31-18-35(15-20-7-5-4-6-8-20)16-21(31)11-23-24-13-26(33)25-12-22(37)9-10-29(25,2)32(24,34)27(38)14-30(23,31)3/h4-10,12,21,23-24,26-27,38H,11,13-18H2,1-3H3. The number of esters is 1. The van der Waals surface area contributed by atoms with Crippen LogP contribution in [0.2, 0.25) is 0 Å². The molecule has 9 atom stereocenters. The van der Waals surface area contributed by atoms with Crippen molar-refractivity contribution in [1.29, 1.82) is 0 Å². The molecule has 0 radical (unpaired) electrons. The number of ether oxygens (including phenoxy) is 1. The van der Waals surface area contributed by atoms with E-state index in [2.05, 4.69) is 4.90 Å². The summed E-state index contributed by atoms with van der Waals surface area (Å²) in [5.74, 6) is -2.51. The number of aliphatic hydroxyl groups excluding tert-OH is 1. The molecule has 5 aliphatic rings. The zero-order chi connectivity index (χ0) is 28.7. The molecule has 4 aliphatic carbocycles. The highest BCUT2D eigenvalue weighted by atomic mass is 19.1. The van der Waals surface area contributed by atoms with Crippen LogP contribution < -0.4 is 0 Å². The molecule has 0 bridgehead atoms. The summed E-state index contributed by atoms with van der Waals surface area (Å²) in [4.78, 5) is 40.2. The van der Waals surface area contributed by atoms with E-state index in [4.69, 9.17) is 4.74 Å². The van der Waals surface area contributed by atoms with Gasteiger partial charge in [-0.15, -0.1) is 0 Å². The highest BCUT2D eigenvalue weighted by Gasteiger charge is 2.78. The Kier molecular flexibility index (Phi) is 6.28. The van der Waals surface area contributed by atoms with Crippen molar-refractivity contribution in [3.63, 3.8) is 0 Å². The first-order chi connectivity index (χ1) is 18.9. The zero-order valence-electron chi connectivity index (χ0n) is 23.2. The number of benzene rings is 1. The van der Waals surface area contributed by atoms with Crippen LogP contribution in [0.4, 0.5) is 8.78 Å². The molecular formula is C32H37F2NO5. The van der Waals surface area contributed by atoms with Crippen LogP contribution in [0.3, 0.4) is 0 Å². The lowest BCUT2D eigenvalue weighted by atomic mass is 9.43. The fraction of sp³-hybridized carbons (Fsp3) is 0.594. The van der Waals surface area contributed by atoms with Gasteiger partial charge in [-0.1, -0.05) is 43.3 Å². The minimum Gasteiger partial charge on any atom is -0.458 e. The number of aliphatic hydroxyl groups is 1. The van der Waals surface area contributed by atoms with Gasteiger partial charge in [0, 0.05) is 37.9 Å². The molecular weight excluding hydrogens is 516 g/mol. The Morgan fingerprint density at radius 1 is 1.15 bits per heavy atom. The number of carbonyl (C=O) groups excluding carboxylic acids is 3. The zero-order valence-corrected chi connectivity index (χ0v) is 23.2. The molecule has 6 rings (SSSR count). The summed E-state index contributed by atoms with van der Waals surface area (Å²) in [7, 11) is 0. The lowest BCUT2D eigenvalue weighted by molar-refractivity contribution is -0.212. The average Bonchev–Trinajstić information content (AvgIpc) is 3.38. The summed E-state index contributed by atoms with van der Waals surface area (Å²) in [6.07, 6.45) is 1.30. The van der Waals surface area contributed by atoms with E-state index in [1.807, 2.05) is 37.3 Å². The van der Waals surface area contributed by atoms with Crippen molar-refractivity contribution in [2.75, 3.05) is 19.7 Å². The van der Waals surface area contributed by atoms with Crippen molar-refractivity contribution in [2.45, 2.75) is 64.5 Å². The van der Waals surface area contributed by atoms with Gasteiger partial charge in [0.15, 0.2) is 23.8 Å². The molecule has 0 amide bonds. The third-order valence-electron chi connectivity index (χ3n) is 11.4. The fourth-order valence-corrected chi connectivity index (χ4v) is 9.64. The largest absolute Gasteiger partial charge is 0.458 e. The Hall–Kier alpha value is -2.71. The lowest BCUT2D eigenvalue weighted by Gasteiger charge is -2.63. The molecule has 1 aromatic rings. The number of Topliss-reactive ketones (excluding diaryl/α,β-unsaturated/α-hetero) is 1. The van der Waals surface area contributed by atoms with Gasteiger partial charge in [-0.25, -0.2) is 8.78 Å². The van der Waals surface area contributed by atoms with E-state index < -0.39 is 46.1 Å². The number of halogens is 2. The minimum absolute atomic E-state index is 0.0216. The highest BCUT2D eigenvalue weighted by molar-refractivity contribution is 6.01. The van der Waals surface area contributed by atoms with Gasteiger partial charge in [0.25, 0.3) is 0 Å². The van der Waals surface area contributed by atoms with Crippen LogP contribution >= 0.6 is 0 Å². The van der Waals surface area contributed by atoms with Crippen molar-refractivity contribution in [1.82, 2.24) is 4.90 Å². The number of carbonyl (C=O) groups is 3. The number of hydrogen-bond donors (Lipinski definition) is 1. The molecule has 1 aliphatic heterocycles. The van der Waals surface area contributed by atoms with Crippen LogP contribution in [-0.2, 0) is 25.7 Å². The van der Waals surface area contributed by atoms with Gasteiger partial charge in [0.1, 0.15) is 6.17 Å². The average molecular weight is 554 g/mol. The number of nitrogens with zero attached hydrogens (tertiary/aromatic N) is 1. The Labute approximate surface area is 233 Å². The Morgan fingerprint density at radius 2 is 1.88 bits per heavy atom. The third kappa shape index (κ3) is 3.54. The molecule has 1 N–H and O–H groups in total. The molecule has 1 aromatic carbocycles. The Morgan fingerprint density at radius 3 is 2.58 bits per heavy atom. The molecule has 3 saturated carbocycles. The molecule has 1 heterocycles. The smallest absolute Gasteiger partial charge is 0.303 e. The van der Waals surface area contributed by atoms with Crippen LogP contribution in [0.15, 0.2) is 54.1 Å². The molecule has 4 fully saturated rings. The summed E-state index contributed by atoms with van der Waals surface area (Å²) in [5, 5.41) is 11.7. The van der Waals surface area contributed by atoms with Crippen LogP contribution in [0.5, 0.6) is 0 Å². The van der Waals surface area contributed by atoms with Gasteiger partial charge >= 0.3 is 5.97 Å². The molecule has 9 unspecified atom stereocenters. The first-order valence-electron chi connectivity index (χ1n) is 14.3. The van der Waals surface area contributed by atoms with Gasteiger partial charge in [0.05, 0.1) is 11.5 Å². The number of hydrogen-bond acceptors (Lipinski definition) is 6. The van der Waals surface area contributed by atoms with Gasteiger partial charge in [0.2, 0.25) is 0 Å². The van der Waals surface area contributed by atoms with Crippen molar-refractivity contribution in [3.8, 4) is 0 Å². The SMILES string of the molecule is CC(=O)OCC(=O)C12CN(Cc3ccccc3)CC1CC1C3CC(F)C4=CC(=O)C=CC4(C)C3(F)C(O)CC12C. The topological polar surface area (TPSA) is 83.9 Å². The minimum atomic E-state index is -2.19. The third-order valence-corrected chi connectivity index (χ3v) is 11.4. The molecule has 6 nitrogen and oxygen atoms in total. The number of ketones is 2. The quantitative estimate of drug-likeness (QED) is 0.552. The molecule has 1 saturated heterocycles. The van der Waals surface area contributed by atoms with Crippen molar-refractivity contribution >= 4 is 17.5 Å². The summed E-state index contributed by atoms with van der Waals surface area (Å²) in [6.45, 7) is 6.06. The van der Waals surface area contributed by atoms with Crippen molar-refractivity contribution in [3.05, 3.63) is 59.7 Å². The van der Waals surface area contributed by atoms with Gasteiger partial charge in [-0.3, -0.25) is 19.3 Å². The number of rotatable bonds is 5. The van der Waals surface area contributed by atoms with Crippen LogP contribution in [0.25, 0.3) is 0 Å². The highest BCUT2D eigenvalue weighted by Crippen LogP contribution is 2.74. The summed E-state index contributed by atoms with van der Waals surface area (Å²) in [6, 6.07) is 9.95. The van der Waals surface area contributed by atoms with E-state index >= 15 is 8.78 Å². The molecule has 40 heavy (non-hydrogen) atoms. The maximum atomic E-state index is 17.6. The summed E-state index contributed by atoms with van der Waals surface area (Å²) >= 11 is 0. The molecule has 0 spiro atoms. The van der Waals surface area contributed by atoms with Crippen LogP contribution in [-0.4, -0.2) is 65.2 Å². The van der Waals surface area contributed by atoms with E-state index in [1.165, 1.54) is 25.2 Å². The van der Waals surface area contributed by atoms with E-state index in [0.29, 0.717) is 26.1 Å². The number of alkyl halides is 2. The predicted molar refractivity (Wildman–Crippen MR) is 143 cm³/mol. The molecule has 214 valence electrons. The van der Waals surface area contributed by atoms with Crippen LogP contribution in [0.1, 0.15) is 45.6 Å². The second-order valence-electron chi connectivity index (χ2n) is 13.1. The normalized spacial score (nSPS) is 43.8. The Balaban J connectivity index is 1.41. The lowest BCUT2D eigenvalue weighted by Crippen LogP contribution is -2.69. The summed E-state index contributed by atoms with van der Waals surface area (Å²) in [5.41, 5.74) is -4.27. The van der Waals surface area contributed by atoms with E-state index in [-0.39, 0.29) is 48.4 Å². The Bertz CT molecular complexity index is 1310. The van der Waals surface area contributed by atoms with Crippen molar-refractivity contribution in [2.24, 2.45) is 34.0 Å². The predicted octanol–water partition coefficient (Wildman–Crippen LogP) is 4.17.